The Morgan fingerprint density at radius 1 is 0.931 bits per heavy atom. The normalized spacial score (nSPS) is 16.0. The van der Waals surface area contributed by atoms with Gasteiger partial charge >= 0.3 is 6.18 Å². The van der Waals surface area contributed by atoms with Crippen molar-refractivity contribution in [1.82, 2.24) is 4.31 Å². The van der Waals surface area contributed by atoms with Gasteiger partial charge in [-0.25, -0.2) is 8.42 Å². The average Bonchev–Trinajstić information content (AvgIpc) is 2.72. The van der Waals surface area contributed by atoms with Crippen LogP contribution in [0.5, 0.6) is 11.5 Å². The molecule has 2 aromatic carbocycles. The van der Waals surface area contributed by atoms with E-state index >= 15 is 0 Å². The molecule has 0 bridgehead atoms. The number of benzene rings is 2. The third-order valence-corrected chi connectivity index (χ3v) is 6.69. The van der Waals surface area contributed by atoms with Gasteiger partial charge in [0.25, 0.3) is 0 Å². The molecule has 0 spiro atoms. The first-order valence-electron chi connectivity index (χ1n) is 8.81. The minimum Gasteiger partial charge on any atom is -0.497 e. The first-order valence-corrected chi connectivity index (χ1v) is 10.2. The summed E-state index contributed by atoms with van der Waals surface area (Å²) in [4.78, 5) is 1.73. The summed E-state index contributed by atoms with van der Waals surface area (Å²) < 4.78 is 76.6. The Bertz CT molecular complexity index is 972. The lowest BCUT2D eigenvalue weighted by Crippen LogP contribution is -2.48. The zero-order valence-corrected chi connectivity index (χ0v) is 16.8. The minimum absolute atomic E-state index is 0.00753. The van der Waals surface area contributed by atoms with Crippen LogP contribution in [-0.4, -0.2) is 53.1 Å². The maximum Gasteiger partial charge on any atom is 0.416 e. The van der Waals surface area contributed by atoms with Gasteiger partial charge in [0, 0.05) is 37.9 Å². The van der Waals surface area contributed by atoms with Gasteiger partial charge in [0.2, 0.25) is 10.0 Å². The van der Waals surface area contributed by atoms with E-state index in [1.165, 1.54) is 36.7 Å². The maximum atomic E-state index is 13.1. The number of sulfonamides is 1. The lowest BCUT2D eigenvalue weighted by atomic mass is 10.1. The number of nitrogens with zero attached hydrogens (tertiary/aromatic N) is 2. The first-order chi connectivity index (χ1) is 13.7. The van der Waals surface area contributed by atoms with Crippen LogP contribution >= 0.6 is 0 Å². The fourth-order valence-corrected chi connectivity index (χ4v) is 4.78. The van der Waals surface area contributed by atoms with E-state index in [2.05, 4.69) is 0 Å². The molecule has 1 aliphatic heterocycles. The van der Waals surface area contributed by atoms with E-state index in [0.29, 0.717) is 11.4 Å². The zero-order chi connectivity index (χ0) is 21.2. The van der Waals surface area contributed by atoms with Gasteiger partial charge in [-0.3, -0.25) is 0 Å². The number of anilines is 1. The van der Waals surface area contributed by atoms with Crippen LogP contribution in [0.4, 0.5) is 18.9 Å². The molecule has 158 valence electrons. The molecule has 10 heteroatoms. The standard InChI is InChI=1S/C19H21F3N2O4S/c1-27-16-6-7-17(28-2)18(13-16)29(25,26)24-10-8-23(9-11-24)15-5-3-4-14(12-15)19(20,21)22/h3-7,12-13H,8-11H2,1-2H3. The predicted molar refractivity (Wildman–Crippen MR) is 102 cm³/mol. The van der Waals surface area contributed by atoms with E-state index < -0.39 is 21.8 Å². The summed E-state index contributed by atoms with van der Waals surface area (Å²) in [7, 11) is -1.03. The van der Waals surface area contributed by atoms with E-state index in [4.69, 9.17) is 9.47 Å². The highest BCUT2D eigenvalue weighted by atomic mass is 32.2. The predicted octanol–water partition coefficient (Wildman–Crippen LogP) is 3.23. The molecule has 2 aromatic rings. The van der Waals surface area contributed by atoms with E-state index in [-0.39, 0.29) is 36.8 Å². The first kappa shape index (κ1) is 21.3. The molecule has 1 saturated heterocycles. The molecule has 1 heterocycles. The van der Waals surface area contributed by atoms with Crippen molar-refractivity contribution in [1.29, 1.82) is 0 Å². The van der Waals surface area contributed by atoms with Crippen molar-refractivity contribution in [3.8, 4) is 11.5 Å². The lowest BCUT2D eigenvalue weighted by Gasteiger charge is -2.35. The van der Waals surface area contributed by atoms with Crippen molar-refractivity contribution in [2.45, 2.75) is 11.1 Å². The van der Waals surface area contributed by atoms with Gasteiger partial charge in [-0.15, -0.1) is 0 Å². The van der Waals surface area contributed by atoms with Crippen LogP contribution in [0.2, 0.25) is 0 Å². The van der Waals surface area contributed by atoms with Gasteiger partial charge < -0.3 is 14.4 Å². The lowest BCUT2D eigenvalue weighted by molar-refractivity contribution is -0.137. The molecule has 0 atom stereocenters. The summed E-state index contributed by atoms with van der Waals surface area (Å²) in [6.07, 6.45) is -4.43. The largest absolute Gasteiger partial charge is 0.497 e. The Hall–Kier alpha value is -2.46. The number of ether oxygens (including phenoxy) is 2. The number of alkyl halides is 3. The van der Waals surface area contributed by atoms with Crippen molar-refractivity contribution in [3.05, 3.63) is 48.0 Å². The van der Waals surface area contributed by atoms with E-state index in [0.717, 1.165) is 12.1 Å². The summed E-state index contributed by atoms with van der Waals surface area (Å²) in [6, 6.07) is 9.54. The molecule has 3 rings (SSSR count). The van der Waals surface area contributed by atoms with E-state index in [9.17, 15) is 21.6 Å². The van der Waals surface area contributed by atoms with Gasteiger partial charge in [-0.1, -0.05) is 6.07 Å². The number of rotatable bonds is 5. The molecule has 0 aromatic heterocycles. The van der Waals surface area contributed by atoms with Gasteiger partial charge in [0.15, 0.2) is 0 Å². The van der Waals surface area contributed by atoms with Crippen LogP contribution in [0.3, 0.4) is 0 Å². The second-order valence-corrected chi connectivity index (χ2v) is 8.36. The SMILES string of the molecule is COc1ccc(OC)c(S(=O)(=O)N2CCN(c3cccc(C(F)(F)F)c3)CC2)c1. The summed E-state index contributed by atoms with van der Waals surface area (Å²) in [5.41, 5.74) is -0.318. The fourth-order valence-electron chi connectivity index (χ4n) is 3.19. The Labute approximate surface area is 167 Å². The summed E-state index contributed by atoms with van der Waals surface area (Å²) in [5, 5.41) is 0. The number of methoxy groups -OCH3 is 2. The zero-order valence-electron chi connectivity index (χ0n) is 15.9. The van der Waals surface area contributed by atoms with Crippen LogP contribution in [0, 0.1) is 0 Å². The van der Waals surface area contributed by atoms with E-state index in [1.54, 1.807) is 17.0 Å². The molecule has 0 saturated carbocycles. The second-order valence-electron chi connectivity index (χ2n) is 6.46. The minimum atomic E-state index is -4.43. The summed E-state index contributed by atoms with van der Waals surface area (Å²) in [5.74, 6) is 0.582. The molecule has 0 unspecified atom stereocenters. The Balaban J connectivity index is 1.79. The van der Waals surface area contributed by atoms with Gasteiger partial charge in [0.1, 0.15) is 16.4 Å². The van der Waals surface area contributed by atoms with Gasteiger partial charge in [-0.2, -0.15) is 17.5 Å². The Morgan fingerprint density at radius 3 is 2.21 bits per heavy atom. The second kappa shape index (κ2) is 8.11. The summed E-state index contributed by atoms with van der Waals surface area (Å²) >= 11 is 0. The topological polar surface area (TPSA) is 59.1 Å². The molecular formula is C19H21F3N2O4S. The van der Waals surface area contributed by atoms with Crippen LogP contribution in [-0.2, 0) is 16.2 Å². The summed E-state index contributed by atoms with van der Waals surface area (Å²) in [6.45, 7) is 0.817. The molecule has 1 aliphatic rings. The third kappa shape index (κ3) is 4.43. The van der Waals surface area contributed by atoms with Crippen molar-refractivity contribution in [2.75, 3.05) is 45.3 Å². The number of hydrogen-bond donors (Lipinski definition) is 0. The fraction of sp³-hybridized carbons (Fsp3) is 0.368. The van der Waals surface area contributed by atoms with Crippen LogP contribution < -0.4 is 14.4 Å². The molecule has 0 radical (unpaired) electrons. The number of piperazine rings is 1. The monoisotopic (exact) mass is 430 g/mol. The highest BCUT2D eigenvalue weighted by Crippen LogP contribution is 2.33. The molecule has 1 fully saturated rings. The number of halogens is 3. The van der Waals surface area contributed by atoms with E-state index in [1.807, 2.05) is 0 Å². The van der Waals surface area contributed by atoms with Gasteiger partial charge in [-0.05, 0) is 30.3 Å². The number of hydrogen-bond acceptors (Lipinski definition) is 5. The van der Waals surface area contributed by atoms with Gasteiger partial charge in [0.05, 0.1) is 19.8 Å². The van der Waals surface area contributed by atoms with Crippen LogP contribution in [0.1, 0.15) is 5.56 Å². The van der Waals surface area contributed by atoms with Crippen LogP contribution in [0.15, 0.2) is 47.4 Å². The molecular weight excluding hydrogens is 409 g/mol. The van der Waals surface area contributed by atoms with Crippen molar-refractivity contribution >= 4 is 15.7 Å². The molecule has 6 nitrogen and oxygen atoms in total. The maximum absolute atomic E-state index is 13.1. The molecule has 0 amide bonds. The molecule has 29 heavy (non-hydrogen) atoms. The average molecular weight is 430 g/mol. The Morgan fingerprint density at radius 2 is 1.62 bits per heavy atom. The van der Waals surface area contributed by atoms with Crippen LogP contribution in [0.25, 0.3) is 0 Å². The smallest absolute Gasteiger partial charge is 0.416 e. The van der Waals surface area contributed by atoms with Crippen molar-refractivity contribution in [2.24, 2.45) is 0 Å². The quantitative estimate of drug-likeness (QED) is 0.729. The van der Waals surface area contributed by atoms with Crippen molar-refractivity contribution < 1.29 is 31.1 Å². The molecule has 0 aliphatic carbocycles. The highest BCUT2D eigenvalue weighted by molar-refractivity contribution is 7.89. The highest BCUT2D eigenvalue weighted by Gasteiger charge is 2.33. The third-order valence-electron chi connectivity index (χ3n) is 4.77. The Kier molecular flexibility index (Phi) is 5.95. The van der Waals surface area contributed by atoms with Crippen molar-refractivity contribution in [3.63, 3.8) is 0 Å². The molecule has 0 N–H and O–H groups in total.